The fourth-order valence-corrected chi connectivity index (χ4v) is 2.92. The molecule has 0 aromatic carbocycles. The maximum absolute atomic E-state index is 11.5. The van der Waals surface area contributed by atoms with Gasteiger partial charge in [0, 0.05) is 6.04 Å². The predicted octanol–water partition coefficient (Wildman–Crippen LogP) is 0.923. The van der Waals surface area contributed by atoms with Crippen LogP contribution in [0.5, 0.6) is 0 Å². The molecule has 3 heteroatoms. The number of hydrogen-bond donors (Lipinski definition) is 1. The molecule has 2 N–H and O–H groups in total. The summed E-state index contributed by atoms with van der Waals surface area (Å²) in [4.78, 5) is 11.5. The third-order valence-electron chi connectivity index (χ3n) is 3.54. The Morgan fingerprint density at radius 2 is 2.15 bits per heavy atom. The molecule has 2 bridgehead atoms. The summed E-state index contributed by atoms with van der Waals surface area (Å²) in [5.41, 5.74) is 5.99. The Hall–Kier alpha value is -0.570. The molecule has 13 heavy (non-hydrogen) atoms. The Labute approximate surface area is 78.6 Å². The summed E-state index contributed by atoms with van der Waals surface area (Å²) in [6.45, 7) is 2.32. The van der Waals surface area contributed by atoms with Gasteiger partial charge in [0.1, 0.15) is 0 Å². The van der Waals surface area contributed by atoms with Crippen LogP contribution >= 0.6 is 0 Å². The normalized spacial score (nSPS) is 42.3. The van der Waals surface area contributed by atoms with Crippen LogP contribution in [0.25, 0.3) is 0 Å². The molecule has 0 aliphatic heterocycles. The Balaban J connectivity index is 2.03. The van der Waals surface area contributed by atoms with E-state index in [2.05, 4.69) is 0 Å². The third-order valence-corrected chi connectivity index (χ3v) is 3.54. The molecule has 2 fully saturated rings. The quantitative estimate of drug-likeness (QED) is 0.648. The van der Waals surface area contributed by atoms with Crippen LogP contribution in [0.2, 0.25) is 0 Å². The largest absolute Gasteiger partial charge is 0.466 e. The van der Waals surface area contributed by atoms with Gasteiger partial charge < -0.3 is 10.5 Å². The van der Waals surface area contributed by atoms with Crippen molar-refractivity contribution in [1.82, 2.24) is 0 Å². The number of esters is 1. The summed E-state index contributed by atoms with van der Waals surface area (Å²) < 4.78 is 5.03. The molecular weight excluding hydrogens is 166 g/mol. The van der Waals surface area contributed by atoms with Crippen LogP contribution in [-0.4, -0.2) is 18.6 Å². The van der Waals surface area contributed by atoms with Crippen molar-refractivity contribution in [1.29, 1.82) is 0 Å². The van der Waals surface area contributed by atoms with Crippen molar-refractivity contribution >= 4 is 5.97 Å². The number of carbonyl (C=O) groups excluding carboxylic acids is 1. The van der Waals surface area contributed by atoms with Crippen LogP contribution in [0.15, 0.2) is 0 Å². The lowest BCUT2D eigenvalue weighted by molar-refractivity contribution is -0.150. The van der Waals surface area contributed by atoms with E-state index in [0.29, 0.717) is 18.4 Å². The minimum absolute atomic E-state index is 0.00120. The first kappa shape index (κ1) is 9.00. The summed E-state index contributed by atoms with van der Waals surface area (Å²) in [5, 5.41) is 0. The number of carbonyl (C=O) groups is 1. The zero-order valence-electron chi connectivity index (χ0n) is 8.03. The lowest BCUT2D eigenvalue weighted by Crippen LogP contribution is -2.41. The molecular formula is C10H17NO2. The minimum Gasteiger partial charge on any atom is -0.466 e. The highest BCUT2D eigenvalue weighted by molar-refractivity contribution is 5.74. The number of hydrogen-bond acceptors (Lipinski definition) is 3. The molecule has 2 saturated carbocycles. The highest BCUT2D eigenvalue weighted by atomic mass is 16.5. The Bertz CT molecular complexity index is 215. The van der Waals surface area contributed by atoms with E-state index in [-0.39, 0.29) is 17.9 Å². The van der Waals surface area contributed by atoms with Crippen LogP contribution in [0.3, 0.4) is 0 Å². The van der Waals surface area contributed by atoms with Gasteiger partial charge in [0.2, 0.25) is 0 Å². The molecule has 0 unspecified atom stereocenters. The molecule has 2 rings (SSSR count). The van der Waals surface area contributed by atoms with Gasteiger partial charge in [-0.05, 0) is 38.0 Å². The van der Waals surface area contributed by atoms with E-state index in [9.17, 15) is 4.79 Å². The molecule has 2 aliphatic carbocycles. The van der Waals surface area contributed by atoms with Crippen molar-refractivity contribution in [3.05, 3.63) is 0 Å². The number of nitrogens with two attached hydrogens (primary N) is 1. The first-order valence-corrected chi connectivity index (χ1v) is 5.16. The molecule has 0 amide bonds. The highest BCUT2D eigenvalue weighted by Crippen LogP contribution is 2.47. The van der Waals surface area contributed by atoms with E-state index in [1.807, 2.05) is 6.92 Å². The van der Waals surface area contributed by atoms with E-state index in [1.54, 1.807) is 0 Å². The van der Waals surface area contributed by atoms with Crippen LogP contribution in [0.1, 0.15) is 26.2 Å². The molecule has 0 aromatic rings. The zero-order chi connectivity index (χ0) is 9.42. The predicted molar refractivity (Wildman–Crippen MR) is 48.9 cm³/mol. The molecule has 0 saturated heterocycles. The van der Waals surface area contributed by atoms with Crippen LogP contribution in [0, 0.1) is 17.8 Å². The topological polar surface area (TPSA) is 52.3 Å². The third kappa shape index (κ3) is 1.35. The van der Waals surface area contributed by atoms with E-state index in [4.69, 9.17) is 10.5 Å². The van der Waals surface area contributed by atoms with Gasteiger partial charge in [0.05, 0.1) is 12.5 Å². The van der Waals surface area contributed by atoms with Gasteiger partial charge in [-0.2, -0.15) is 0 Å². The Morgan fingerprint density at radius 1 is 1.46 bits per heavy atom. The molecule has 4 atom stereocenters. The second-order valence-corrected chi connectivity index (χ2v) is 4.19. The highest BCUT2D eigenvalue weighted by Gasteiger charge is 2.49. The van der Waals surface area contributed by atoms with Crippen LogP contribution in [-0.2, 0) is 9.53 Å². The summed E-state index contributed by atoms with van der Waals surface area (Å²) in [5.74, 6) is 1.03. The molecule has 0 spiro atoms. The van der Waals surface area contributed by atoms with E-state index in [0.717, 1.165) is 6.42 Å². The van der Waals surface area contributed by atoms with Crippen molar-refractivity contribution in [2.45, 2.75) is 32.2 Å². The Morgan fingerprint density at radius 3 is 2.69 bits per heavy atom. The van der Waals surface area contributed by atoms with Gasteiger partial charge in [-0.25, -0.2) is 0 Å². The van der Waals surface area contributed by atoms with Gasteiger partial charge in [-0.1, -0.05) is 0 Å². The fraction of sp³-hybridized carbons (Fsp3) is 0.900. The summed E-state index contributed by atoms with van der Waals surface area (Å²) >= 11 is 0. The van der Waals surface area contributed by atoms with Gasteiger partial charge in [-0.15, -0.1) is 0 Å². The van der Waals surface area contributed by atoms with E-state index in [1.165, 1.54) is 12.8 Å². The van der Waals surface area contributed by atoms with E-state index >= 15 is 0 Å². The second kappa shape index (κ2) is 3.29. The first-order chi connectivity index (χ1) is 6.24. The molecule has 0 aromatic heterocycles. The molecule has 2 aliphatic rings. The zero-order valence-corrected chi connectivity index (χ0v) is 8.03. The number of ether oxygens (including phenoxy) is 1. The lowest BCUT2D eigenvalue weighted by Gasteiger charge is -2.25. The van der Waals surface area contributed by atoms with Crippen molar-refractivity contribution in [2.24, 2.45) is 23.5 Å². The second-order valence-electron chi connectivity index (χ2n) is 4.19. The SMILES string of the molecule is CCOC(=O)[C@H]1[C@@H]2CC[C@H](C2)[C@H]1N. The molecule has 74 valence electrons. The minimum atomic E-state index is -0.0674. The van der Waals surface area contributed by atoms with Crippen LogP contribution in [0.4, 0.5) is 0 Å². The Kier molecular flexibility index (Phi) is 2.28. The molecule has 0 heterocycles. The first-order valence-electron chi connectivity index (χ1n) is 5.16. The van der Waals surface area contributed by atoms with Crippen molar-refractivity contribution in [2.75, 3.05) is 6.61 Å². The summed E-state index contributed by atoms with van der Waals surface area (Å²) in [6, 6.07) is 0.0674. The standard InChI is InChI=1S/C10H17NO2/c1-2-13-10(12)8-6-3-4-7(5-6)9(8)11/h6-9H,2-5,11H2,1H3/t6-,7-,8+,9-/m1/s1. The van der Waals surface area contributed by atoms with Gasteiger partial charge in [0.15, 0.2) is 0 Å². The summed E-state index contributed by atoms with van der Waals surface area (Å²) in [7, 11) is 0. The van der Waals surface area contributed by atoms with Crippen molar-refractivity contribution in [3.63, 3.8) is 0 Å². The van der Waals surface area contributed by atoms with Gasteiger partial charge >= 0.3 is 5.97 Å². The fourth-order valence-electron chi connectivity index (χ4n) is 2.92. The van der Waals surface area contributed by atoms with Crippen LogP contribution < -0.4 is 5.73 Å². The summed E-state index contributed by atoms with van der Waals surface area (Å²) in [6.07, 6.45) is 3.52. The lowest BCUT2D eigenvalue weighted by atomic mass is 9.85. The van der Waals surface area contributed by atoms with Gasteiger partial charge in [0.25, 0.3) is 0 Å². The van der Waals surface area contributed by atoms with Crippen molar-refractivity contribution in [3.8, 4) is 0 Å². The number of rotatable bonds is 2. The average molecular weight is 183 g/mol. The van der Waals surface area contributed by atoms with E-state index < -0.39 is 0 Å². The van der Waals surface area contributed by atoms with Crippen molar-refractivity contribution < 1.29 is 9.53 Å². The number of fused-ring (bicyclic) bond motifs is 2. The maximum Gasteiger partial charge on any atom is 0.310 e. The molecule has 0 radical (unpaired) electrons. The van der Waals surface area contributed by atoms with Gasteiger partial charge in [-0.3, -0.25) is 4.79 Å². The average Bonchev–Trinajstić information content (AvgIpc) is 2.63. The maximum atomic E-state index is 11.5. The molecule has 3 nitrogen and oxygen atoms in total. The monoisotopic (exact) mass is 183 g/mol. The smallest absolute Gasteiger partial charge is 0.310 e.